The molecule has 0 N–H and O–H groups in total. The van der Waals surface area contributed by atoms with Gasteiger partial charge < -0.3 is 19.3 Å². The number of amides is 2. The van der Waals surface area contributed by atoms with Crippen LogP contribution in [0.15, 0.2) is 18.2 Å². The second-order valence-corrected chi connectivity index (χ2v) is 6.09. The number of benzene rings is 1. The van der Waals surface area contributed by atoms with Gasteiger partial charge in [-0.05, 0) is 51.0 Å². The molecule has 1 aliphatic heterocycles. The number of piperazine rings is 1. The third-order valence-electron chi connectivity index (χ3n) is 3.97. The third-order valence-corrected chi connectivity index (χ3v) is 3.97. The van der Waals surface area contributed by atoms with Gasteiger partial charge in [0.05, 0.1) is 6.61 Å². The smallest absolute Gasteiger partial charge is 0.409 e. The van der Waals surface area contributed by atoms with E-state index >= 15 is 0 Å². The maximum atomic E-state index is 12.5. The maximum absolute atomic E-state index is 12.5. The van der Waals surface area contributed by atoms with E-state index in [2.05, 4.69) is 6.07 Å². The van der Waals surface area contributed by atoms with E-state index in [0.29, 0.717) is 38.5 Å². The fourth-order valence-electron chi connectivity index (χ4n) is 2.84. The van der Waals surface area contributed by atoms with E-state index in [1.54, 1.807) is 23.6 Å². The molecule has 1 saturated heterocycles. The lowest BCUT2D eigenvalue weighted by atomic mass is 10.1. The molecule has 132 valence electrons. The predicted octanol–water partition coefficient (Wildman–Crippen LogP) is 2.37. The molecule has 2 rings (SSSR count). The number of nitrogens with zero attached hydrogens (tertiary/aromatic N) is 2. The van der Waals surface area contributed by atoms with Gasteiger partial charge in [0.15, 0.2) is 6.10 Å². The highest BCUT2D eigenvalue weighted by molar-refractivity contribution is 5.81. The van der Waals surface area contributed by atoms with Crippen molar-refractivity contribution in [3.8, 4) is 5.75 Å². The molecule has 1 aliphatic rings. The number of aryl methyl sites for hydroxylation is 2. The summed E-state index contributed by atoms with van der Waals surface area (Å²) < 4.78 is 10.8. The molecule has 0 spiro atoms. The van der Waals surface area contributed by atoms with E-state index in [1.165, 1.54) is 0 Å². The molecule has 2 amide bonds. The summed E-state index contributed by atoms with van der Waals surface area (Å²) in [5.74, 6) is 0.649. The highest BCUT2D eigenvalue weighted by atomic mass is 16.6. The van der Waals surface area contributed by atoms with Crippen LogP contribution in [0, 0.1) is 13.8 Å². The average molecular weight is 334 g/mol. The molecule has 0 radical (unpaired) electrons. The Bertz CT molecular complexity index is 574. The Morgan fingerprint density at radius 1 is 1.04 bits per heavy atom. The first-order valence-corrected chi connectivity index (χ1v) is 8.36. The van der Waals surface area contributed by atoms with Crippen molar-refractivity contribution in [1.29, 1.82) is 0 Å². The van der Waals surface area contributed by atoms with Crippen LogP contribution in [0.5, 0.6) is 5.75 Å². The zero-order valence-electron chi connectivity index (χ0n) is 14.9. The molecule has 6 heteroatoms. The standard InChI is InChI=1S/C18H26N2O4/c1-5-23-18(22)20-8-6-19(7-9-20)17(21)15(4)24-16-11-13(2)10-14(3)12-16/h10-12,15H,5-9H2,1-4H3/t15-/m0/s1. The van der Waals surface area contributed by atoms with Gasteiger partial charge >= 0.3 is 6.09 Å². The van der Waals surface area contributed by atoms with Crippen LogP contribution in [0.2, 0.25) is 0 Å². The van der Waals surface area contributed by atoms with Crippen LogP contribution in [0.25, 0.3) is 0 Å². The molecule has 0 unspecified atom stereocenters. The molecule has 1 heterocycles. The van der Waals surface area contributed by atoms with Crippen molar-refractivity contribution in [3.63, 3.8) is 0 Å². The van der Waals surface area contributed by atoms with Gasteiger partial charge in [0, 0.05) is 26.2 Å². The van der Waals surface area contributed by atoms with Crippen molar-refractivity contribution in [3.05, 3.63) is 29.3 Å². The van der Waals surface area contributed by atoms with E-state index < -0.39 is 6.10 Å². The first kappa shape index (κ1) is 18.1. The summed E-state index contributed by atoms with van der Waals surface area (Å²) in [5, 5.41) is 0. The van der Waals surface area contributed by atoms with Crippen LogP contribution >= 0.6 is 0 Å². The molecular weight excluding hydrogens is 308 g/mol. The Kier molecular flexibility index (Phi) is 6.06. The average Bonchev–Trinajstić information content (AvgIpc) is 2.53. The minimum Gasteiger partial charge on any atom is -0.481 e. The van der Waals surface area contributed by atoms with Crippen LogP contribution < -0.4 is 4.74 Å². The van der Waals surface area contributed by atoms with Crippen molar-refractivity contribution < 1.29 is 19.1 Å². The van der Waals surface area contributed by atoms with E-state index in [1.807, 2.05) is 26.0 Å². The Balaban J connectivity index is 1.89. The predicted molar refractivity (Wildman–Crippen MR) is 91.2 cm³/mol. The molecule has 0 saturated carbocycles. The lowest BCUT2D eigenvalue weighted by Gasteiger charge is -2.35. The Labute approximate surface area is 143 Å². The van der Waals surface area contributed by atoms with Crippen molar-refractivity contribution in [1.82, 2.24) is 9.80 Å². The van der Waals surface area contributed by atoms with Gasteiger partial charge in [0.1, 0.15) is 5.75 Å². The lowest BCUT2D eigenvalue weighted by molar-refractivity contribution is -0.139. The summed E-state index contributed by atoms with van der Waals surface area (Å²) in [6, 6.07) is 5.92. The van der Waals surface area contributed by atoms with Gasteiger partial charge in [-0.15, -0.1) is 0 Å². The monoisotopic (exact) mass is 334 g/mol. The van der Waals surface area contributed by atoms with Crippen LogP contribution in [-0.4, -0.2) is 60.7 Å². The van der Waals surface area contributed by atoms with Gasteiger partial charge in [-0.25, -0.2) is 4.79 Å². The number of carbonyl (C=O) groups is 2. The van der Waals surface area contributed by atoms with Gasteiger partial charge in [0.2, 0.25) is 0 Å². The zero-order valence-corrected chi connectivity index (χ0v) is 14.9. The van der Waals surface area contributed by atoms with Crippen LogP contribution in [-0.2, 0) is 9.53 Å². The van der Waals surface area contributed by atoms with Crippen LogP contribution in [0.1, 0.15) is 25.0 Å². The molecule has 1 atom stereocenters. The first-order valence-electron chi connectivity index (χ1n) is 8.36. The summed E-state index contributed by atoms with van der Waals surface area (Å²) in [5.41, 5.74) is 2.21. The molecular formula is C18H26N2O4. The van der Waals surface area contributed by atoms with Gasteiger partial charge in [0.25, 0.3) is 5.91 Å². The fourth-order valence-corrected chi connectivity index (χ4v) is 2.84. The Hall–Kier alpha value is -2.24. The SMILES string of the molecule is CCOC(=O)N1CCN(C(=O)[C@H](C)Oc2cc(C)cc(C)c2)CC1. The quantitative estimate of drug-likeness (QED) is 0.848. The molecule has 1 aromatic rings. The molecule has 1 aromatic carbocycles. The maximum Gasteiger partial charge on any atom is 0.409 e. The Morgan fingerprint density at radius 3 is 2.12 bits per heavy atom. The largest absolute Gasteiger partial charge is 0.481 e. The second kappa shape index (κ2) is 8.04. The van der Waals surface area contributed by atoms with Crippen LogP contribution in [0.3, 0.4) is 0 Å². The Morgan fingerprint density at radius 2 is 1.58 bits per heavy atom. The van der Waals surface area contributed by atoms with Gasteiger partial charge in [-0.3, -0.25) is 4.79 Å². The number of carbonyl (C=O) groups excluding carboxylic acids is 2. The minimum absolute atomic E-state index is 0.0577. The van der Waals surface area contributed by atoms with Crippen molar-refractivity contribution in [2.75, 3.05) is 32.8 Å². The summed E-state index contributed by atoms with van der Waals surface area (Å²) in [4.78, 5) is 27.6. The normalized spacial score (nSPS) is 15.8. The summed E-state index contributed by atoms with van der Waals surface area (Å²) in [6.45, 7) is 9.88. The van der Waals surface area contributed by atoms with Gasteiger partial charge in [-0.1, -0.05) is 6.07 Å². The summed E-state index contributed by atoms with van der Waals surface area (Å²) in [6.07, 6.45) is -0.871. The lowest BCUT2D eigenvalue weighted by Crippen LogP contribution is -2.53. The topological polar surface area (TPSA) is 59.1 Å². The van der Waals surface area contributed by atoms with E-state index in [-0.39, 0.29) is 12.0 Å². The summed E-state index contributed by atoms with van der Waals surface area (Å²) >= 11 is 0. The molecule has 1 fully saturated rings. The first-order chi connectivity index (χ1) is 11.4. The molecule has 6 nitrogen and oxygen atoms in total. The molecule has 0 aliphatic carbocycles. The second-order valence-electron chi connectivity index (χ2n) is 6.09. The molecule has 24 heavy (non-hydrogen) atoms. The minimum atomic E-state index is -0.555. The highest BCUT2D eigenvalue weighted by Gasteiger charge is 2.28. The van der Waals surface area contributed by atoms with Crippen LogP contribution in [0.4, 0.5) is 4.79 Å². The number of rotatable bonds is 4. The number of hydrogen-bond acceptors (Lipinski definition) is 4. The van der Waals surface area contributed by atoms with E-state index in [4.69, 9.17) is 9.47 Å². The van der Waals surface area contributed by atoms with Gasteiger partial charge in [-0.2, -0.15) is 0 Å². The van der Waals surface area contributed by atoms with Crippen molar-refractivity contribution in [2.45, 2.75) is 33.8 Å². The fraction of sp³-hybridized carbons (Fsp3) is 0.556. The number of ether oxygens (including phenoxy) is 2. The summed E-state index contributed by atoms with van der Waals surface area (Å²) in [7, 11) is 0. The van der Waals surface area contributed by atoms with E-state index in [9.17, 15) is 9.59 Å². The molecule has 0 bridgehead atoms. The zero-order chi connectivity index (χ0) is 17.7. The van der Waals surface area contributed by atoms with E-state index in [0.717, 1.165) is 11.1 Å². The van der Waals surface area contributed by atoms with Crippen molar-refractivity contribution >= 4 is 12.0 Å². The highest BCUT2D eigenvalue weighted by Crippen LogP contribution is 2.18. The number of hydrogen-bond donors (Lipinski definition) is 0. The third kappa shape index (κ3) is 4.63. The van der Waals surface area contributed by atoms with Crippen molar-refractivity contribution in [2.24, 2.45) is 0 Å². The molecule has 0 aromatic heterocycles.